The van der Waals surface area contributed by atoms with E-state index < -0.39 is 0 Å². The third-order valence-corrected chi connectivity index (χ3v) is 15.6. The number of Topliss-reactive ketones (excluding diaryl/α,β-unsaturated/α-hetero) is 2. The van der Waals surface area contributed by atoms with Crippen LogP contribution in [-0.2, 0) is 28.7 Å². The Bertz CT molecular complexity index is 1400. The number of carbonyl (C=O) groups excluding carboxylic acids is 4. The number of ether oxygens (including phenoxy) is 2. The van der Waals surface area contributed by atoms with Crippen LogP contribution in [0.15, 0.2) is 47.6 Å². The Morgan fingerprint density at radius 2 is 1.00 bits per heavy atom. The van der Waals surface area contributed by atoms with Gasteiger partial charge in [0.25, 0.3) is 0 Å². The molecule has 0 radical (unpaired) electrons. The second-order valence-corrected chi connectivity index (χ2v) is 17.6. The molecule has 6 nitrogen and oxygen atoms in total. The van der Waals surface area contributed by atoms with E-state index in [4.69, 9.17) is 9.47 Å². The van der Waals surface area contributed by atoms with Gasteiger partial charge < -0.3 is 9.47 Å². The standard InChI is InChI=1S/2C21H28O3/c2*1-20-8-6-14(22)11-18(20)13(12-24-3)10-15-16-4-5-19(23)21(16,2)9-7-17(15)20/h2*6,8,11,13,15-17H,4-5,7,9-10,12H2,1-3H3/t13-,15+,16+,17+,20-,21+;13-,15-,16-,17-,20+,21-/m10/s1. The molecule has 12 atom stereocenters. The summed E-state index contributed by atoms with van der Waals surface area (Å²) in [5.41, 5.74) is 2.23. The fourth-order valence-electron chi connectivity index (χ4n) is 13.1. The van der Waals surface area contributed by atoms with E-state index in [-0.39, 0.29) is 33.2 Å². The van der Waals surface area contributed by atoms with Gasteiger partial charge in [0.05, 0.1) is 13.2 Å². The monoisotopic (exact) mass is 656 g/mol. The number of ketones is 4. The van der Waals surface area contributed by atoms with E-state index in [2.05, 4.69) is 39.8 Å². The van der Waals surface area contributed by atoms with Crippen LogP contribution in [0, 0.1) is 69.0 Å². The fourth-order valence-corrected chi connectivity index (χ4v) is 13.1. The maximum atomic E-state index is 12.5. The molecule has 0 aromatic heterocycles. The Morgan fingerprint density at radius 1 is 0.604 bits per heavy atom. The molecule has 0 aromatic rings. The van der Waals surface area contributed by atoms with Crippen molar-refractivity contribution >= 4 is 23.1 Å². The molecule has 8 rings (SSSR count). The molecular formula is C42H56O6. The van der Waals surface area contributed by atoms with Crippen molar-refractivity contribution in [2.24, 2.45) is 69.0 Å². The van der Waals surface area contributed by atoms with Crippen LogP contribution in [0.1, 0.15) is 91.9 Å². The Labute approximate surface area is 287 Å². The molecule has 6 saturated carbocycles. The first-order valence-corrected chi connectivity index (χ1v) is 18.7. The molecule has 0 bridgehead atoms. The zero-order chi connectivity index (χ0) is 34.2. The number of hydrogen-bond acceptors (Lipinski definition) is 6. The van der Waals surface area contributed by atoms with E-state index in [1.54, 1.807) is 26.4 Å². The van der Waals surface area contributed by atoms with Gasteiger partial charge in [-0.3, -0.25) is 19.2 Å². The largest absolute Gasteiger partial charge is 0.384 e. The highest BCUT2D eigenvalue weighted by atomic mass is 16.5. The topological polar surface area (TPSA) is 86.7 Å². The Kier molecular flexibility index (Phi) is 8.58. The van der Waals surface area contributed by atoms with Crippen molar-refractivity contribution in [3.63, 3.8) is 0 Å². The van der Waals surface area contributed by atoms with Crippen LogP contribution < -0.4 is 0 Å². The summed E-state index contributed by atoms with van der Waals surface area (Å²) in [6.07, 6.45) is 21.5. The molecule has 0 heterocycles. The van der Waals surface area contributed by atoms with Crippen LogP contribution in [0.4, 0.5) is 0 Å². The van der Waals surface area contributed by atoms with E-state index in [1.165, 1.54) is 11.1 Å². The first-order chi connectivity index (χ1) is 22.8. The van der Waals surface area contributed by atoms with Crippen molar-refractivity contribution < 1.29 is 28.7 Å². The van der Waals surface area contributed by atoms with Crippen molar-refractivity contribution in [2.45, 2.75) is 91.9 Å². The van der Waals surface area contributed by atoms with Gasteiger partial charge in [-0.2, -0.15) is 0 Å². The second kappa shape index (κ2) is 12.1. The van der Waals surface area contributed by atoms with E-state index in [0.29, 0.717) is 72.1 Å². The van der Waals surface area contributed by atoms with Gasteiger partial charge in [0.2, 0.25) is 0 Å². The number of allylic oxidation sites excluding steroid dienone is 6. The van der Waals surface area contributed by atoms with Gasteiger partial charge in [0.1, 0.15) is 11.6 Å². The van der Waals surface area contributed by atoms with Crippen LogP contribution in [0.3, 0.4) is 0 Å². The third-order valence-electron chi connectivity index (χ3n) is 15.6. The normalized spacial score (nSPS) is 47.0. The predicted molar refractivity (Wildman–Crippen MR) is 185 cm³/mol. The lowest BCUT2D eigenvalue weighted by atomic mass is 9.46. The number of carbonyl (C=O) groups is 4. The van der Waals surface area contributed by atoms with Crippen molar-refractivity contribution in [3.8, 4) is 0 Å². The zero-order valence-corrected chi connectivity index (χ0v) is 30.0. The summed E-state index contributed by atoms with van der Waals surface area (Å²) in [6, 6.07) is 0. The molecule has 6 heteroatoms. The molecule has 0 N–H and O–H groups in total. The van der Waals surface area contributed by atoms with Gasteiger partial charge in [-0.15, -0.1) is 0 Å². The molecule has 260 valence electrons. The average molecular weight is 657 g/mol. The van der Waals surface area contributed by atoms with Crippen LogP contribution in [0.2, 0.25) is 0 Å². The Morgan fingerprint density at radius 3 is 1.38 bits per heavy atom. The Balaban J connectivity index is 0.000000152. The lowest BCUT2D eigenvalue weighted by molar-refractivity contribution is -0.133. The van der Waals surface area contributed by atoms with Gasteiger partial charge in [-0.25, -0.2) is 0 Å². The molecule has 8 aliphatic rings. The fraction of sp³-hybridized carbons (Fsp3) is 0.714. The first-order valence-electron chi connectivity index (χ1n) is 18.7. The summed E-state index contributed by atoms with van der Waals surface area (Å²) in [7, 11) is 3.49. The third kappa shape index (κ3) is 5.00. The van der Waals surface area contributed by atoms with Crippen molar-refractivity contribution in [1.82, 2.24) is 0 Å². The van der Waals surface area contributed by atoms with Crippen LogP contribution in [0.25, 0.3) is 0 Å². The van der Waals surface area contributed by atoms with Gasteiger partial charge >= 0.3 is 0 Å². The number of rotatable bonds is 4. The highest BCUT2D eigenvalue weighted by Crippen LogP contribution is 2.66. The molecular weight excluding hydrogens is 600 g/mol. The molecule has 0 spiro atoms. The number of fused-ring (bicyclic) bond motifs is 10. The summed E-state index contributed by atoms with van der Waals surface area (Å²) in [4.78, 5) is 49.0. The Hall–Kier alpha value is -2.44. The van der Waals surface area contributed by atoms with Crippen LogP contribution in [0.5, 0.6) is 0 Å². The van der Waals surface area contributed by atoms with Crippen molar-refractivity contribution in [3.05, 3.63) is 47.6 Å². The average Bonchev–Trinajstić information content (AvgIpc) is 3.53. The lowest BCUT2D eigenvalue weighted by Crippen LogP contribution is -2.52. The van der Waals surface area contributed by atoms with E-state index in [0.717, 1.165) is 64.2 Å². The molecule has 48 heavy (non-hydrogen) atoms. The molecule has 0 unspecified atom stereocenters. The van der Waals surface area contributed by atoms with Crippen LogP contribution in [-0.4, -0.2) is 50.6 Å². The molecule has 0 aromatic carbocycles. The van der Waals surface area contributed by atoms with Gasteiger partial charge in [-0.1, -0.05) is 51.0 Å². The molecule has 0 saturated heterocycles. The van der Waals surface area contributed by atoms with Gasteiger partial charge in [0.15, 0.2) is 11.6 Å². The summed E-state index contributed by atoms with van der Waals surface area (Å²) in [5.74, 6) is 5.02. The quantitative estimate of drug-likeness (QED) is 0.312. The number of hydrogen-bond donors (Lipinski definition) is 0. The maximum Gasteiger partial charge on any atom is 0.178 e. The van der Waals surface area contributed by atoms with E-state index >= 15 is 0 Å². The molecule has 0 amide bonds. The summed E-state index contributed by atoms with van der Waals surface area (Å²) in [6.45, 7) is 10.4. The minimum atomic E-state index is -0.107. The van der Waals surface area contributed by atoms with E-state index in [9.17, 15) is 19.2 Å². The van der Waals surface area contributed by atoms with Gasteiger partial charge in [-0.05, 0) is 111 Å². The zero-order valence-electron chi connectivity index (χ0n) is 30.0. The predicted octanol–water partition coefficient (Wildman–Crippen LogP) is 7.47. The minimum absolute atomic E-state index is 0.0486. The lowest BCUT2D eigenvalue weighted by Gasteiger charge is -2.57. The van der Waals surface area contributed by atoms with E-state index in [1.807, 2.05) is 12.2 Å². The summed E-state index contributed by atoms with van der Waals surface area (Å²) < 4.78 is 11.0. The molecule has 0 aliphatic heterocycles. The SMILES string of the molecule is COC[C@@H]1C[C@@H]2[C@H](CC[C@]3(C)C(=O)CC[C@@H]23)[C@@]2(C)C=CC(=O)C=C12.COC[C@H]1C[C@@H]2[C@H](CC[C@]3(C)C(=O)CC[C@@H]23)[C@@]2(C)C=CC(=O)C=C12. The highest BCUT2D eigenvalue weighted by Gasteiger charge is 2.61. The summed E-state index contributed by atoms with van der Waals surface area (Å²) in [5, 5.41) is 0. The molecule has 6 fully saturated rings. The first kappa shape index (κ1) is 34.0. The second-order valence-electron chi connectivity index (χ2n) is 17.6. The number of methoxy groups -OCH3 is 2. The minimum Gasteiger partial charge on any atom is -0.384 e. The van der Waals surface area contributed by atoms with Crippen molar-refractivity contribution in [1.29, 1.82) is 0 Å². The smallest absolute Gasteiger partial charge is 0.178 e. The van der Waals surface area contributed by atoms with Gasteiger partial charge in [0, 0.05) is 60.6 Å². The summed E-state index contributed by atoms with van der Waals surface area (Å²) >= 11 is 0. The van der Waals surface area contributed by atoms with Crippen LogP contribution >= 0.6 is 0 Å². The maximum absolute atomic E-state index is 12.5. The highest BCUT2D eigenvalue weighted by molar-refractivity contribution is 6.02. The molecule has 8 aliphatic carbocycles. The van der Waals surface area contributed by atoms with Crippen molar-refractivity contribution in [2.75, 3.05) is 27.4 Å².